The molecule has 3 rings (SSSR count). The molecule has 0 atom stereocenters. The number of halogens is 3. The van der Waals surface area contributed by atoms with E-state index in [2.05, 4.69) is 4.98 Å². The van der Waals surface area contributed by atoms with Crippen molar-refractivity contribution in [2.24, 2.45) is 0 Å². The van der Waals surface area contributed by atoms with Gasteiger partial charge in [0.25, 0.3) is 0 Å². The van der Waals surface area contributed by atoms with E-state index in [9.17, 15) is 21.6 Å². The third kappa shape index (κ3) is 3.41. The van der Waals surface area contributed by atoms with Crippen LogP contribution in [-0.2, 0) is 10.0 Å². The minimum absolute atomic E-state index is 0.150. The Kier molecular flexibility index (Phi) is 4.69. The summed E-state index contributed by atoms with van der Waals surface area (Å²) in [6.07, 6.45) is 1.28. The van der Waals surface area contributed by atoms with Gasteiger partial charge in [0, 0.05) is 6.20 Å². The molecule has 0 unspecified atom stereocenters. The number of anilines is 2. The summed E-state index contributed by atoms with van der Waals surface area (Å²) in [6, 6.07) is 18.8. The van der Waals surface area contributed by atoms with E-state index in [1.54, 1.807) is 42.5 Å². The van der Waals surface area contributed by atoms with Gasteiger partial charge >= 0.3 is 15.5 Å². The molecule has 1 aromatic heterocycles. The topological polar surface area (TPSA) is 50.3 Å². The van der Waals surface area contributed by atoms with E-state index in [4.69, 9.17) is 0 Å². The Bertz CT molecular complexity index is 992. The van der Waals surface area contributed by atoms with Gasteiger partial charge in [-0.25, -0.2) is 9.29 Å². The van der Waals surface area contributed by atoms with Crippen molar-refractivity contribution in [3.8, 4) is 11.1 Å². The lowest BCUT2D eigenvalue weighted by Crippen LogP contribution is -2.38. The number of para-hydroxylation sites is 1. The molecule has 0 radical (unpaired) electrons. The van der Waals surface area contributed by atoms with Crippen molar-refractivity contribution >= 4 is 21.5 Å². The molecular formula is C18H13F3N2O2S. The number of sulfonamides is 1. The molecule has 0 aliphatic carbocycles. The molecule has 0 saturated carbocycles. The first-order valence-corrected chi connectivity index (χ1v) is 8.93. The van der Waals surface area contributed by atoms with Crippen LogP contribution in [0.3, 0.4) is 0 Å². The summed E-state index contributed by atoms with van der Waals surface area (Å²) < 4.78 is 64.2. The highest BCUT2D eigenvalue weighted by Crippen LogP contribution is 2.37. The van der Waals surface area contributed by atoms with Gasteiger partial charge in [-0.3, -0.25) is 0 Å². The Hall–Kier alpha value is -2.87. The number of hydrogen-bond donors (Lipinski definition) is 0. The standard InChI is InChI=1S/C18H13F3N2O2S/c19-18(20,21)26(24,25)23(16-9-5-2-6-10-16)17-13-15(11-12-22-17)14-7-3-1-4-8-14/h1-13H. The fourth-order valence-corrected chi connectivity index (χ4v) is 3.35. The molecule has 0 N–H and O–H groups in total. The Morgan fingerprint density at radius 3 is 1.96 bits per heavy atom. The molecule has 1 heterocycles. The average molecular weight is 378 g/mol. The number of aromatic nitrogens is 1. The summed E-state index contributed by atoms with van der Waals surface area (Å²) in [7, 11) is -5.67. The molecule has 0 fully saturated rings. The maximum absolute atomic E-state index is 13.2. The minimum atomic E-state index is -5.67. The van der Waals surface area contributed by atoms with Crippen LogP contribution in [0.1, 0.15) is 0 Å². The second-order valence-corrected chi connectivity index (χ2v) is 7.10. The smallest absolute Gasteiger partial charge is 0.238 e. The molecule has 3 aromatic rings. The number of pyridine rings is 1. The van der Waals surface area contributed by atoms with Crippen LogP contribution in [-0.4, -0.2) is 18.9 Å². The van der Waals surface area contributed by atoms with Gasteiger partial charge in [-0.05, 0) is 35.4 Å². The SMILES string of the molecule is O=S(=O)(N(c1ccccc1)c1cc(-c2ccccc2)ccn1)C(F)(F)F. The van der Waals surface area contributed by atoms with Crippen LogP contribution in [0.25, 0.3) is 11.1 Å². The summed E-state index contributed by atoms with van der Waals surface area (Å²) in [5.74, 6) is -0.338. The zero-order valence-electron chi connectivity index (χ0n) is 13.3. The van der Waals surface area contributed by atoms with Gasteiger partial charge < -0.3 is 0 Å². The number of nitrogens with zero attached hydrogens (tertiary/aromatic N) is 2. The molecule has 0 saturated heterocycles. The van der Waals surface area contributed by atoms with E-state index in [1.165, 1.54) is 36.5 Å². The summed E-state index contributed by atoms with van der Waals surface area (Å²) in [6.45, 7) is 0. The lowest BCUT2D eigenvalue weighted by atomic mass is 10.1. The normalized spacial score (nSPS) is 12.0. The van der Waals surface area contributed by atoms with Crippen LogP contribution in [0, 0.1) is 0 Å². The highest BCUT2D eigenvalue weighted by Gasteiger charge is 2.51. The van der Waals surface area contributed by atoms with Crippen molar-refractivity contribution in [3.05, 3.63) is 79.0 Å². The van der Waals surface area contributed by atoms with Gasteiger partial charge in [0.1, 0.15) is 5.82 Å². The van der Waals surface area contributed by atoms with E-state index in [0.717, 1.165) is 5.56 Å². The first-order chi connectivity index (χ1) is 12.3. The molecule has 0 amide bonds. The van der Waals surface area contributed by atoms with E-state index >= 15 is 0 Å². The van der Waals surface area contributed by atoms with E-state index in [-0.39, 0.29) is 15.8 Å². The zero-order chi connectivity index (χ0) is 18.8. The van der Waals surface area contributed by atoms with Crippen LogP contribution >= 0.6 is 0 Å². The Morgan fingerprint density at radius 2 is 1.38 bits per heavy atom. The Morgan fingerprint density at radius 1 is 0.808 bits per heavy atom. The molecule has 4 nitrogen and oxygen atoms in total. The predicted octanol–water partition coefficient (Wildman–Crippen LogP) is 4.74. The fraction of sp³-hybridized carbons (Fsp3) is 0.0556. The molecule has 0 aliphatic rings. The highest BCUT2D eigenvalue weighted by molar-refractivity contribution is 7.94. The summed E-state index contributed by atoms with van der Waals surface area (Å²) in [4.78, 5) is 3.87. The largest absolute Gasteiger partial charge is 0.517 e. The molecule has 0 bridgehead atoms. The van der Waals surface area contributed by atoms with Gasteiger partial charge in [-0.15, -0.1) is 0 Å². The van der Waals surface area contributed by atoms with Crippen molar-refractivity contribution in [1.29, 1.82) is 0 Å². The summed E-state index contributed by atoms with van der Waals surface area (Å²) in [5.41, 5.74) is -4.34. The third-order valence-corrected chi connectivity index (χ3v) is 5.05. The Labute approximate surface area is 148 Å². The van der Waals surface area contributed by atoms with Gasteiger partial charge in [0.2, 0.25) is 0 Å². The first-order valence-electron chi connectivity index (χ1n) is 7.49. The van der Waals surface area contributed by atoms with Crippen molar-refractivity contribution in [1.82, 2.24) is 4.98 Å². The predicted molar refractivity (Wildman–Crippen MR) is 93.2 cm³/mol. The number of rotatable bonds is 4. The van der Waals surface area contributed by atoms with Crippen molar-refractivity contribution in [3.63, 3.8) is 0 Å². The molecule has 0 aliphatic heterocycles. The maximum Gasteiger partial charge on any atom is 0.517 e. The number of hydrogen-bond acceptors (Lipinski definition) is 3. The second-order valence-electron chi connectivity index (χ2n) is 5.32. The van der Waals surface area contributed by atoms with Gasteiger partial charge in [-0.1, -0.05) is 48.5 Å². The highest BCUT2D eigenvalue weighted by atomic mass is 32.2. The number of alkyl halides is 3. The fourth-order valence-electron chi connectivity index (χ4n) is 2.40. The minimum Gasteiger partial charge on any atom is -0.238 e. The van der Waals surface area contributed by atoms with Crippen LogP contribution in [0.15, 0.2) is 79.0 Å². The van der Waals surface area contributed by atoms with Gasteiger partial charge in [-0.2, -0.15) is 21.6 Å². The summed E-state index contributed by atoms with van der Waals surface area (Å²) >= 11 is 0. The van der Waals surface area contributed by atoms with Crippen molar-refractivity contribution in [2.75, 3.05) is 4.31 Å². The molecule has 2 aromatic carbocycles. The summed E-state index contributed by atoms with van der Waals surface area (Å²) in [5, 5.41) is 0. The average Bonchev–Trinajstić information content (AvgIpc) is 2.63. The second kappa shape index (κ2) is 6.80. The number of benzene rings is 2. The molecule has 8 heteroatoms. The van der Waals surface area contributed by atoms with E-state index in [0.29, 0.717) is 5.56 Å². The molecule has 134 valence electrons. The zero-order valence-corrected chi connectivity index (χ0v) is 14.1. The van der Waals surface area contributed by atoms with Crippen molar-refractivity contribution < 1.29 is 21.6 Å². The van der Waals surface area contributed by atoms with Crippen molar-refractivity contribution in [2.45, 2.75) is 5.51 Å². The maximum atomic E-state index is 13.2. The lowest BCUT2D eigenvalue weighted by Gasteiger charge is -2.24. The van der Waals surface area contributed by atoms with Gasteiger partial charge in [0.15, 0.2) is 0 Å². The van der Waals surface area contributed by atoms with Crippen LogP contribution in [0.5, 0.6) is 0 Å². The first kappa shape index (κ1) is 17.9. The van der Waals surface area contributed by atoms with Crippen LogP contribution < -0.4 is 4.31 Å². The quantitative estimate of drug-likeness (QED) is 0.659. The van der Waals surface area contributed by atoms with Crippen LogP contribution in [0.2, 0.25) is 0 Å². The molecule has 0 spiro atoms. The third-order valence-electron chi connectivity index (χ3n) is 3.58. The van der Waals surface area contributed by atoms with E-state index in [1.807, 2.05) is 0 Å². The lowest BCUT2D eigenvalue weighted by molar-refractivity contribution is -0.0435. The van der Waals surface area contributed by atoms with E-state index < -0.39 is 15.5 Å². The Balaban J connectivity index is 2.18. The van der Waals surface area contributed by atoms with Gasteiger partial charge in [0.05, 0.1) is 5.69 Å². The van der Waals surface area contributed by atoms with Crippen LogP contribution in [0.4, 0.5) is 24.7 Å². The molecule has 26 heavy (non-hydrogen) atoms. The monoisotopic (exact) mass is 378 g/mol. The molecular weight excluding hydrogens is 365 g/mol.